The quantitative estimate of drug-likeness (QED) is 0.453. The Morgan fingerprint density at radius 2 is 1.38 bits per heavy atom. The average molecular weight is 173 g/mol. The van der Waals surface area contributed by atoms with Gasteiger partial charge in [0.2, 0.25) is 0 Å². The van der Waals surface area contributed by atoms with Crippen LogP contribution in [0.5, 0.6) is 0 Å². The first-order valence-electron chi connectivity index (χ1n) is 2.57. The molecule has 0 heterocycles. The fourth-order valence-electron chi connectivity index (χ4n) is 0.381. The Morgan fingerprint density at radius 3 is 1.62 bits per heavy atom. The van der Waals surface area contributed by atoms with Crippen molar-refractivity contribution in [3.05, 3.63) is 0 Å². The molecule has 4 heteroatoms. The van der Waals surface area contributed by atoms with Crippen molar-refractivity contribution in [2.24, 2.45) is 0 Å². The highest BCUT2D eigenvalue weighted by Gasteiger charge is 2.06. The summed E-state index contributed by atoms with van der Waals surface area (Å²) in [7, 11) is 0. The molecule has 0 aliphatic heterocycles. The normalized spacial score (nSPS) is 9.38. The lowest BCUT2D eigenvalue weighted by atomic mass is 9.70. The van der Waals surface area contributed by atoms with E-state index < -0.39 is 0 Å². The largest absolute Gasteiger partial charge is 0.253 e. The molecule has 8 heavy (non-hydrogen) atoms. The highest BCUT2D eigenvalue weighted by Crippen LogP contribution is 2.06. The fourth-order valence-corrected chi connectivity index (χ4v) is 1.35. The van der Waals surface area contributed by atoms with Crippen LogP contribution in [-0.2, 0) is 0 Å². The van der Waals surface area contributed by atoms with Gasteiger partial charge in [-0.1, -0.05) is 0 Å². The minimum Gasteiger partial charge on any atom is -0.196 e. The van der Waals surface area contributed by atoms with Crippen LogP contribution < -0.4 is 0 Å². The van der Waals surface area contributed by atoms with Crippen LogP contribution in [0, 0.1) is 0 Å². The van der Waals surface area contributed by atoms with Crippen molar-refractivity contribution in [2.45, 2.75) is 12.6 Å². The summed E-state index contributed by atoms with van der Waals surface area (Å²) in [5.74, 6) is 1.26. The Labute approximate surface area is 65.5 Å². The zero-order valence-corrected chi connectivity index (χ0v) is 6.81. The monoisotopic (exact) mass is 172 g/mol. The standard InChI is InChI=1S/C4H8BCl3/c6-3-1-5(8)2-4-7/h1-4H2. The molecular formula is C4H8BCl3. The highest BCUT2D eigenvalue weighted by molar-refractivity contribution is 7.07. The van der Waals surface area contributed by atoms with Crippen molar-refractivity contribution in [2.75, 3.05) is 11.8 Å². The molecule has 48 valence electrons. The number of hydrogen-bond acceptors (Lipinski definition) is 0. The number of halogens is 3. The maximum absolute atomic E-state index is 5.71. The maximum Gasteiger partial charge on any atom is 0.253 e. The molecule has 0 fully saturated rings. The van der Waals surface area contributed by atoms with Gasteiger partial charge in [0.25, 0.3) is 6.13 Å². The molecular weight excluding hydrogens is 165 g/mol. The summed E-state index contributed by atoms with van der Waals surface area (Å²) in [6.45, 7) is 0. The second-order valence-electron chi connectivity index (χ2n) is 1.55. The van der Waals surface area contributed by atoms with Crippen LogP contribution in [0.15, 0.2) is 0 Å². The molecule has 0 atom stereocenters. The van der Waals surface area contributed by atoms with Gasteiger partial charge in [-0.2, -0.15) is 11.5 Å². The van der Waals surface area contributed by atoms with Crippen molar-refractivity contribution < 1.29 is 0 Å². The van der Waals surface area contributed by atoms with E-state index in [1.165, 1.54) is 0 Å². The third-order valence-electron chi connectivity index (χ3n) is 0.845. The Kier molecular flexibility index (Phi) is 6.77. The molecule has 0 unspecified atom stereocenters. The third kappa shape index (κ3) is 5.08. The van der Waals surface area contributed by atoms with Crippen LogP contribution in [0.2, 0.25) is 12.6 Å². The Morgan fingerprint density at radius 1 is 1.00 bits per heavy atom. The zero-order valence-electron chi connectivity index (χ0n) is 4.54. The Balaban J connectivity index is 2.92. The van der Waals surface area contributed by atoms with Crippen LogP contribution in [0.25, 0.3) is 0 Å². The van der Waals surface area contributed by atoms with Crippen LogP contribution >= 0.6 is 34.7 Å². The summed E-state index contributed by atoms with van der Waals surface area (Å²) in [5, 5.41) is 0. The van der Waals surface area contributed by atoms with Gasteiger partial charge in [-0.25, -0.2) is 0 Å². The van der Waals surface area contributed by atoms with E-state index in [2.05, 4.69) is 0 Å². The lowest BCUT2D eigenvalue weighted by molar-refractivity contribution is 1.36. The molecule has 0 N–H and O–H groups in total. The molecule has 0 saturated carbocycles. The van der Waals surface area contributed by atoms with Crippen molar-refractivity contribution in [3.8, 4) is 0 Å². The molecule has 0 aromatic heterocycles. The molecule has 0 amide bonds. The molecule has 0 bridgehead atoms. The average Bonchev–Trinajstić information content (AvgIpc) is 1.68. The lowest BCUT2D eigenvalue weighted by Gasteiger charge is -1.96. The van der Waals surface area contributed by atoms with E-state index >= 15 is 0 Å². The van der Waals surface area contributed by atoms with Crippen molar-refractivity contribution in [1.82, 2.24) is 0 Å². The van der Waals surface area contributed by atoms with E-state index in [-0.39, 0.29) is 6.13 Å². The Hall–Kier alpha value is 0.935. The zero-order chi connectivity index (χ0) is 6.41. The number of rotatable bonds is 4. The topological polar surface area (TPSA) is 0 Å². The SMILES string of the molecule is ClCCB(Cl)CCCl. The van der Waals surface area contributed by atoms with Gasteiger partial charge in [-0.05, 0) is 12.6 Å². The van der Waals surface area contributed by atoms with Crippen LogP contribution in [0.1, 0.15) is 0 Å². The van der Waals surface area contributed by atoms with Gasteiger partial charge in [0.05, 0.1) is 0 Å². The molecule has 0 saturated heterocycles. The van der Waals surface area contributed by atoms with E-state index in [4.69, 9.17) is 34.7 Å². The summed E-state index contributed by atoms with van der Waals surface area (Å²) >= 11 is 16.5. The van der Waals surface area contributed by atoms with Gasteiger partial charge in [0, 0.05) is 11.8 Å². The van der Waals surface area contributed by atoms with Gasteiger partial charge in [0.1, 0.15) is 0 Å². The first kappa shape index (κ1) is 8.93. The highest BCUT2D eigenvalue weighted by atomic mass is 35.5. The molecule has 0 aliphatic carbocycles. The minimum absolute atomic E-state index is 0.171. The van der Waals surface area contributed by atoms with Crippen molar-refractivity contribution in [3.63, 3.8) is 0 Å². The molecule has 0 nitrogen and oxygen atoms in total. The van der Waals surface area contributed by atoms with Gasteiger partial charge in [-0.3, -0.25) is 0 Å². The Bertz CT molecular complexity index is 44.5. The van der Waals surface area contributed by atoms with E-state index in [9.17, 15) is 0 Å². The second-order valence-corrected chi connectivity index (χ2v) is 2.93. The number of alkyl halides is 2. The molecule has 0 radical (unpaired) electrons. The summed E-state index contributed by atoms with van der Waals surface area (Å²) in [6.07, 6.45) is 1.89. The van der Waals surface area contributed by atoms with E-state index in [0.29, 0.717) is 11.8 Å². The predicted molar refractivity (Wildman–Crippen MR) is 42.7 cm³/mol. The van der Waals surface area contributed by atoms with Crippen LogP contribution in [0.4, 0.5) is 0 Å². The predicted octanol–water partition coefficient (Wildman–Crippen LogP) is 2.69. The van der Waals surface area contributed by atoms with Crippen molar-refractivity contribution in [1.29, 1.82) is 0 Å². The first-order valence-corrected chi connectivity index (χ1v) is 4.07. The molecule has 0 aromatic rings. The smallest absolute Gasteiger partial charge is 0.196 e. The second kappa shape index (κ2) is 6.06. The summed E-state index contributed by atoms with van der Waals surface area (Å²) in [6, 6.07) is 0. The van der Waals surface area contributed by atoms with E-state index in [1.54, 1.807) is 0 Å². The van der Waals surface area contributed by atoms with Crippen LogP contribution in [-0.4, -0.2) is 17.9 Å². The summed E-state index contributed by atoms with van der Waals surface area (Å²) in [4.78, 5) is 0. The summed E-state index contributed by atoms with van der Waals surface area (Å²) < 4.78 is 0. The third-order valence-corrected chi connectivity index (χ3v) is 1.72. The van der Waals surface area contributed by atoms with E-state index in [0.717, 1.165) is 12.6 Å². The van der Waals surface area contributed by atoms with Gasteiger partial charge < -0.3 is 0 Å². The molecule has 0 rings (SSSR count). The first-order chi connectivity index (χ1) is 3.81. The van der Waals surface area contributed by atoms with Gasteiger partial charge in [-0.15, -0.1) is 23.2 Å². The van der Waals surface area contributed by atoms with Gasteiger partial charge >= 0.3 is 0 Å². The molecule has 0 spiro atoms. The fraction of sp³-hybridized carbons (Fsp3) is 1.00. The maximum atomic E-state index is 5.71. The van der Waals surface area contributed by atoms with Crippen LogP contribution in [0.3, 0.4) is 0 Å². The molecule has 0 aliphatic rings. The lowest BCUT2D eigenvalue weighted by Crippen LogP contribution is -2.03. The number of hydrogen-bond donors (Lipinski definition) is 0. The summed E-state index contributed by atoms with van der Waals surface area (Å²) in [5.41, 5.74) is 0. The van der Waals surface area contributed by atoms with Crippen molar-refractivity contribution >= 4 is 40.8 Å². The molecule has 0 aromatic carbocycles. The van der Waals surface area contributed by atoms with Gasteiger partial charge in [0.15, 0.2) is 0 Å². The van der Waals surface area contributed by atoms with E-state index in [1.807, 2.05) is 0 Å². The minimum atomic E-state index is 0.171.